The number of esters is 1. The highest BCUT2D eigenvalue weighted by molar-refractivity contribution is 5.75. The molecule has 0 unspecified atom stereocenters. The lowest BCUT2D eigenvalue weighted by Gasteiger charge is -2.26. The molecule has 1 aliphatic heterocycles. The van der Waals surface area contributed by atoms with Gasteiger partial charge in [-0.1, -0.05) is 0 Å². The molecule has 0 radical (unpaired) electrons. The Morgan fingerprint density at radius 1 is 1.33 bits per heavy atom. The van der Waals surface area contributed by atoms with E-state index < -0.39 is 5.60 Å². The van der Waals surface area contributed by atoms with E-state index in [0.29, 0.717) is 18.1 Å². The molecule has 1 heterocycles. The quantitative estimate of drug-likeness (QED) is 0.779. The van der Waals surface area contributed by atoms with Crippen molar-refractivity contribution >= 4 is 5.97 Å². The second-order valence-electron chi connectivity index (χ2n) is 6.49. The summed E-state index contributed by atoms with van der Waals surface area (Å²) in [7, 11) is 0. The zero-order valence-corrected chi connectivity index (χ0v) is 11.9. The second kappa shape index (κ2) is 5.17. The zero-order chi connectivity index (χ0) is 13.3. The summed E-state index contributed by atoms with van der Waals surface area (Å²) in [6.07, 6.45) is 3.83. The minimum absolute atomic E-state index is 0.177. The molecule has 2 fully saturated rings. The average Bonchev–Trinajstić information content (AvgIpc) is 2.97. The molecule has 2 aliphatic rings. The van der Waals surface area contributed by atoms with Gasteiger partial charge in [0.15, 0.2) is 0 Å². The van der Waals surface area contributed by atoms with Crippen LogP contribution in [0.25, 0.3) is 0 Å². The van der Waals surface area contributed by atoms with Gasteiger partial charge in [0, 0.05) is 12.6 Å². The zero-order valence-electron chi connectivity index (χ0n) is 11.9. The van der Waals surface area contributed by atoms with E-state index in [2.05, 4.69) is 5.32 Å². The molecule has 18 heavy (non-hydrogen) atoms. The van der Waals surface area contributed by atoms with Gasteiger partial charge in [0.2, 0.25) is 0 Å². The van der Waals surface area contributed by atoms with E-state index in [0.717, 1.165) is 13.0 Å². The third-order valence-corrected chi connectivity index (χ3v) is 3.45. The summed E-state index contributed by atoms with van der Waals surface area (Å²) in [6.45, 7) is 8.35. The van der Waals surface area contributed by atoms with Crippen LogP contribution in [-0.4, -0.2) is 36.4 Å². The molecule has 1 N–H and O–H groups in total. The second-order valence-corrected chi connectivity index (χ2v) is 6.49. The van der Waals surface area contributed by atoms with E-state index in [1.165, 1.54) is 12.8 Å². The van der Waals surface area contributed by atoms with E-state index in [-0.39, 0.29) is 12.0 Å². The largest absolute Gasteiger partial charge is 0.459 e. The molecule has 4 heteroatoms. The Bertz CT molecular complexity index is 307. The van der Waals surface area contributed by atoms with Crippen LogP contribution in [0.5, 0.6) is 0 Å². The standard InChI is InChI=1S/C14H25NO3/c1-9(13(16)18-14(2,3)4)15-11-7-8-17-12(11)10-5-6-10/h9-12,15H,5-8H2,1-4H3/t9-,11+,12+/m0/s1. The van der Waals surface area contributed by atoms with Crippen molar-refractivity contribution in [2.75, 3.05) is 6.61 Å². The summed E-state index contributed by atoms with van der Waals surface area (Å²) in [5, 5.41) is 3.37. The number of ether oxygens (including phenoxy) is 2. The topological polar surface area (TPSA) is 47.6 Å². The summed E-state index contributed by atoms with van der Waals surface area (Å²) in [5.74, 6) is 0.528. The number of carbonyl (C=O) groups excluding carboxylic acids is 1. The molecule has 0 amide bonds. The summed E-state index contributed by atoms with van der Waals surface area (Å²) >= 11 is 0. The number of hydrogen-bond donors (Lipinski definition) is 1. The molecule has 0 aromatic heterocycles. The molecule has 1 aliphatic carbocycles. The highest BCUT2D eigenvalue weighted by atomic mass is 16.6. The molecule has 1 saturated heterocycles. The molecule has 0 bridgehead atoms. The maximum Gasteiger partial charge on any atom is 0.323 e. The predicted octanol–water partition coefficient (Wildman–Crippen LogP) is 1.87. The summed E-state index contributed by atoms with van der Waals surface area (Å²) in [6, 6.07) is 0.0391. The Labute approximate surface area is 109 Å². The Morgan fingerprint density at radius 2 is 2.00 bits per heavy atom. The fraction of sp³-hybridized carbons (Fsp3) is 0.929. The Balaban J connectivity index is 1.82. The van der Waals surface area contributed by atoms with Gasteiger partial charge in [-0.3, -0.25) is 10.1 Å². The Kier molecular flexibility index (Phi) is 3.97. The van der Waals surface area contributed by atoms with Gasteiger partial charge in [-0.2, -0.15) is 0 Å². The third-order valence-electron chi connectivity index (χ3n) is 3.45. The summed E-state index contributed by atoms with van der Waals surface area (Å²) in [5.41, 5.74) is -0.422. The van der Waals surface area contributed by atoms with Crippen LogP contribution < -0.4 is 5.32 Å². The lowest BCUT2D eigenvalue weighted by Crippen LogP contribution is -2.47. The monoisotopic (exact) mass is 255 g/mol. The van der Waals surface area contributed by atoms with Gasteiger partial charge in [-0.15, -0.1) is 0 Å². The van der Waals surface area contributed by atoms with E-state index >= 15 is 0 Å². The van der Waals surface area contributed by atoms with Gasteiger partial charge >= 0.3 is 5.97 Å². The van der Waals surface area contributed by atoms with Crippen molar-refractivity contribution < 1.29 is 14.3 Å². The van der Waals surface area contributed by atoms with E-state index in [4.69, 9.17) is 9.47 Å². The molecule has 3 atom stereocenters. The predicted molar refractivity (Wildman–Crippen MR) is 69.3 cm³/mol. The number of rotatable bonds is 4. The highest BCUT2D eigenvalue weighted by Gasteiger charge is 2.41. The normalized spacial score (nSPS) is 30.2. The van der Waals surface area contributed by atoms with Crippen molar-refractivity contribution in [3.8, 4) is 0 Å². The minimum Gasteiger partial charge on any atom is -0.459 e. The maximum atomic E-state index is 11.9. The number of nitrogens with one attached hydrogen (secondary N) is 1. The summed E-state index contributed by atoms with van der Waals surface area (Å²) in [4.78, 5) is 11.9. The van der Waals surface area contributed by atoms with Gasteiger partial charge < -0.3 is 9.47 Å². The summed E-state index contributed by atoms with van der Waals surface area (Å²) < 4.78 is 11.1. The highest BCUT2D eigenvalue weighted by Crippen LogP contribution is 2.38. The van der Waals surface area contributed by atoms with Crippen LogP contribution in [0.4, 0.5) is 0 Å². The van der Waals surface area contributed by atoms with Crippen LogP contribution in [0.2, 0.25) is 0 Å². The van der Waals surface area contributed by atoms with Crippen molar-refractivity contribution in [3.05, 3.63) is 0 Å². The van der Waals surface area contributed by atoms with Crippen molar-refractivity contribution in [2.24, 2.45) is 5.92 Å². The molecule has 0 aromatic carbocycles. The van der Waals surface area contributed by atoms with Crippen molar-refractivity contribution in [1.29, 1.82) is 0 Å². The van der Waals surface area contributed by atoms with Crippen LogP contribution in [0.3, 0.4) is 0 Å². The Morgan fingerprint density at radius 3 is 2.56 bits per heavy atom. The van der Waals surface area contributed by atoms with Crippen molar-refractivity contribution in [3.63, 3.8) is 0 Å². The number of carbonyl (C=O) groups is 1. The first kappa shape index (κ1) is 13.8. The molecule has 4 nitrogen and oxygen atoms in total. The van der Waals surface area contributed by atoms with Gasteiger partial charge in [0.25, 0.3) is 0 Å². The third kappa shape index (κ3) is 3.69. The van der Waals surface area contributed by atoms with Crippen LogP contribution in [0.15, 0.2) is 0 Å². The van der Waals surface area contributed by atoms with Gasteiger partial charge in [-0.25, -0.2) is 0 Å². The lowest BCUT2D eigenvalue weighted by atomic mass is 10.1. The molecule has 2 rings (SSSR count). The van der Waals surface area contributed by atoms with Crippen molar-refractivity contribution in [1.82, 2.24) is 5.32 Å². The molecule has 1 saturated carbocycles. The lowest BCUT2D eigenvalue weighted by molar-refractivity contribution is -0.157. The van der Waals surface area contributed by atoms with Gasteiger partial charge in [-0.05, 0) is 52.9 Å². The maximum absolute atomic E-state index is 11.9. The molecular formula is C14H25NO3. The molecule has 0 spiro atoms. The molecule has 0 aromatic rings. The van der Waals surface area contributed by atoms with Crippen LogP contribution in [0, 0.1) is 5.92 Å². The van der Waals surface area contributed by atoms with Crippen LogP contribution in [-0.2, 0) is 14.3 Å². The first-order chi connectivity index (χ1) is 8.37. The Hall–Kier alpha value is -0.610. The molecule has 104 valence electrons. The van der Waals surface area contributed by atoms with Gasteiger partial charge in [0.05, 0.1) is 6.10 Å². The molecular weight excluding hydrogens is 230 g/mol. The fourth-order valence-electron chi connectivity index (χ4n) is 2.46. The minimum atomic E-state index is -0.422. The SMILES string of the molecule is C[C@H](N[C@@H]1CCO[C@@H]1C1CC1)C(=O)OC(C)(C)C. The smallest absolute Gasteiger partial charge is 0.323 e. The fourth-order valence-corrected chi connectivity index (χ4v) is 2.46. The van der Waals surface area contributed by atoms with Crippen molar-refractivity contribution in [2.45, 2.75) is 70.7 Å². The number of hydrogen-bond acceptors (Lipinski definition) is 4. The van der Waals surface area contributed by atoms with E-state index in [1.807, 2.05) is 27.7 Å². The van der Waals surface area contributed by atoms with E-state index in [9.17, 15) is 4.79 Å². The average molecular weight is 255 g/mol. The first-order valence-electron chi connectivity index (χ1n) is 6.97. The van der Waals surface area contributed by atoms with Gasteiger partial charge in [0.1, 0.15) is 11.6 Å². The van der Waals surface area contributed by atoms with Crippen LogP contribution in [0.1, 0.15) is 47.0 Å². The van der Waals surface area contributed by atoms with E-state index in [1.54, 1.807) is 0 Å². The first-order valence-corrected chi connectivity index (χ1v) is 6.97. The van der Waals surface area contributed by atoms with Crippen LogP contribution >= 0.6 is 0 Å².